The third-order valence-corrected chi connectivity index (χ3v) is 4.41. The first-order chi connectivity index (χ1) is 14.4. The number of aromatic hydroxyl groups is 1. The number of benzene rings is 2. The fraction of sp³-hybridized carbons (Fsp3) is 0.250. The van der Waals surface area contributed by atoms with Crippen molar-refractivity contribution in [3.05, 3.63) is 45.9 Å². The van der Waals surface area contributed by atoms with Gasteiger partial charge in [0, 0.05) is 5.56 Å². The Kier molecular flexibility index (Phi) is 8.48. The Morgan fingerprint density at radius 1 is 1.13 bits per heavy atom. The molecule has 0 aromatic heterocycles. The maximum atomic E-state index is 12.2. The van der Waals surface area contributed by atoms with Crippen molar-refractivity contribution in [2.75, 3.05) is 27.4 Å². The summed E-state index contributed by atoms with van der Waals surface area (Å²) in [4.78, 5) is 24.1. The average molecular weight is 480 g/mol. The molecule has 2 amide bonds. The SMILES string of the molecule is CCOc1cc(/C=N/NC(=O)CNC(=O)c2ccc(OC)c(OC)c2)cc(Br)c1O. The number of nitrogens with zero attached hydrogens (tertiary/aromatic N) is 1. The second kappa shape index (κ2) is 11.1. The molecule has 0 spiro atoms. The highest BCUT2D eigenvalue weighted by molar-refractivity contribution is 9.10. The van der Waals surface area contributed by atoms with Gasteiger partial charge in [0.25, 0.3) is 11.8 Å². The van der Waals surface area contributed by atoms with Crippen molar-refractivity contribution in [3.63, 3.8) is 0 Å². The van der Waals surface area contributed by atoms with Crippen LogP contribution in [0, 0.1) is 0 Å². The largest absolute Gasteiger partial charge is 0.503 e. The Balaban J connectivity index is 1.91. The van der Waals surface area contributed by atoms with Gasteiger partial charge in [0.2, 0.25) is 0 Å². The fourth-order valence-corrected chi connectivity index (χ4v) is 2.85. The topological polar surface area (TPSA) is 118 Å². The molecule has 0 saturated heterocycles. The first kappa shape index (κ1) is 23.0. The van der Waals surface area contributed by atoms with E-state index in [-0.39, 0.29) is 12.3 Å². The molecule has 0 aliphatic rings. The number of methoxy groups -OCH3 is 2. The lowest BCUT2D eigenvalue weighted by molar-refractivity contribution is -0.120. The van der Waals surface area contributed by atoms with Crippen molar-refractivity contribution < 1.29 is 28.9 Å². The monoisotopic (exact) mass is 479 g/mol. The summed E-state index contributed by atoms with van der Waals surface area (Å²) < 4.78 is 16.0. The van der Waals surface area contributed by atoms with Gasteiger partial charge in [0.1, 0.15) is 0 Å². The summed E-state index contributed by atoms with van der Waals surface area (Å²) in [6.07, 6.45) is 1.39. The molecule has 10 heteroatoms. The molecule has 0 saturated carbocycles. The number of phenols is 1. The van der Waals surface area contributed by atoms with Gasteiger partial charge < -0.3 is 24.6 Å². The number of hydrogen-bond acceptors (Lipinski definition) is 7. The van der Waals surface area contributed by atoms with Crippen LogP contribution in [-0.2, 0) is 4.79 Å². The highest BCUT2D eigenvalue weighted by Crippen LogP contribution is 2.35. The van der Waals surface area contributed by atoms with Gasteiger partial charge in [-0.15, -0.1) is 0 Å². The highest BCUT2D eigenvalue weighted by Gasteiger charge is 2.12. The smallest absolute Gasteiger partial charge is 0.259 e. The van der Waals surface area contributed by atoms with E-state index in [0.29, 0.717) is 39.5 Å². The van der Waals surface area contributed by atoms with Crippen LogP contribution in [-0.4, -0.2) is 50.5 Å². The number of carbonyl (C=O) groups excluding carboxylic acids is 2. The van der Waals surface area contributed by atoms with Crippen LogP contribution in [0.25, 0.3) is 0 Å². The second-order valence-electron chi connectivity index (χ2n) is 5.83. The van der Waals surface area contributed by atoms with E-state index in [1.165, 1.54) is 26.5 Å². The lowest BCUT2D eigenvalue weighted by Crippen LogP contribution is -2.34. The summed E-state index contributed by atoms with van der Waals surface area (Å²) in [6, 6.07) is 7.88. The molecule has 0 fully saturated rings. The van der Waals surface area contributed by atoms with Crippen LogP contribution in [0.2, 0.25) is 0 Å². The molecule has 0 radical (unpaired) electrons. The molecule has 2 rings (SSSR count). The number of amides is 2. The summed E-state index contributed by atoms with van der Waals surface area (Å²) in [6.45, 7) is 1.91. The maximum absolute atomic E-state index is 12.2. The third-order valence-electron chi connectivity index (χ3n) is 3.81. The summed E-state index contributed by atoms with van der Waals surface area (Å²) in [5.41, 5.74) is 3.23. The van der Waals surface area contributed by atoms with Crippen molar-refractivity contribution in [1.82, 2.24) is 10.7 Å². The number of hydrazone groups is 1. The lowest BCUT2D eigenvalue weighted by atomic mass is 10.2. The molecular formula is C20H22BrN3O6. The second-order valence-corrected chi connectivity index (χ2v) is 6.68. The van der Waals surface area contributed by atoms with Crippen LogP contribution in [0.15, 0.2) is 39.9 Å². The zero-order valence-corrected chi connectivity index (χ0v) is 18.3. The van der Waals surface area contributed by atoms with Gasteiger partial charge in [-0.05, 0) is 58.7 Å². The van der Waals surface area contributed by atoms with E-state index >= 15 is 0 Å². The molecule has 30 heavy (non-hydrogen) atoms. The van der Waals surface area contributed by atoms with Crippen LogP contribution in [0.5, 0.6) is 23.0 Å². The summed E-state index contributed by atoms with van der Waals surface area (Å²) in [5.74, 6) is 0.222. The molecule has 0 unspecified atom stereocenters. The van der Waals surface area contributed by atoms with Crippen molar-refractivity contribution in [3.8, 4) is 23.0 Å². The van der Waals surface area contributed by atoms with E-state index in [1.54, 1.807) is 31.2 Å². The molecule has 2 aromatic rings. The molecule has 2 aromatic carbocycles. The van der Waals surface area contributed by atoms with Crippen LogP contribution < -0.4 is 25.0 Å². The van der Waals surface area contributed by atoms with E-state index in [9.17, 15) is 14.7 Å². The molecule has 0 aliphatic carbocycles. The Bertz CT molecular complexity index is 948. The van der Waals surface area contributed by atoms with Crippen LogP contribution in [0.1, 0.15) is 22.8 Å². The molecular weight excluding hydrogens is 458 g/mol. The Morgan fingerprint density at radius 3 is 2.53 bits per heavy atom. The van der Waals surface area contributed by atoms with Gasteiger partial charge in [-0.2, -0.15) is 5.10 Å². The predicted octanol–water partition coefficient (Wildman–Crippen LogP) is 2.45. The standard InChI is InChI=1S/C20H22BrN3O6/c1-4-30-17-8-12(7-14(21)19(17)26)10-23-24-18(25)11-22-20(27)13-5-6-15(28-2)16(9-13)29-3/h5-10,26H,4,11H2,1-3H3,(H,22,27)(H,24,25)/b23-10+. The van der Waals surface area contributed by atoms with Crippen molar-refractivity contribution in [2.45, 2.75) is 6.92 Å². The van der Waals surface area contributed by atoms with E-state index < -0.39 is 11.8 Å². The van der Waals surface area contributed by atoms with Crippen molar-refractivity contribution in [1.29, 1.82) is 0 Å². The number of rotatable bonds is 9. The normalized spacial score (nSPS) is 10.5. The fourth-order valence-electron chi connectivity index (χ4n) is 2.39. The number of hydrogen-bond donors (Lipinski definition) is 3. The molecule has 9 nitrogen and oxygen atoms in total. The Hall–Kier alpha value is -3.27. The van der Waals surface area contributed by atoms with Gasteiger partial charge in [-0.1, -0.05) is 0 Å². The lowest BCUT2D eigenvalue weighted by Gasteiger charge is -2.09. The van der Waals surface area contributed by atoms with Crippen LogP contribution in [0.3, 0.4) is 0 Å². The molecule has 0 aliphatic heterocycles. The van der Waals surface area contributed by atoms with Gasteiger partial charge in [-0.3, -0.25) is 9.59 Å². The van der Waals surface area contributed by atoms with Crippen LogP contribution in [0.4, 0.5) is 0 Å². The van der Waals surface area contributed by atoms with E-state index in [0.717, 1.165) is 0 Å². The highest BCUT2D eigenvalue weighted by atomic mass is 79.9. The molecule has 160 valence electrons. The zero-order chi connectivity index (χ0) is 22.1. The number of halogens is 1. The Morgan fingerprint density at radius 2 is 1.87 bits per heavy atom. The molecule has 0 heterocycles. The third kappa shape index (κ3) is 6.11. The van der Waals surface area contributed by atoms with E-state index in [4.69, 9.17) is 14.2 Å². The van der Waals surface area contributed by atoms with Gasteiger partial charge in [0.15, 0.2) is 23.0 Å². The number of carbonyl (C=O) groups is 2. The number of ether oxygens (including phenoxy) is 3. The van der Waals surface area contributed by atoms with Crippen LogP contribution >= 0.6 is 15.9 Å². The predicted molar refractivity (Wildman–Crippen MR) is 115 cm³/mol. The van der Waals surface area contributed by atoms with Gasteiger partial charge in [0.05, 0.1) is 38.1 Å². The van der Waals surface area contributed by atoms with Crippen molar-refractivity contribution >= 4 is 34.0 Å². The minimum absolute atomic E-state index is 0.0177. The Labute approximate surface area is 182 Å². The number of phenolic OH excluding ortho intramolecular Hbond substituents is 1. The molecule has 0 atom stereocenters. The maximum Gasteiger partial charge on any atom is 0.259 e. The van der Waals surface area contributed by atoms with E-state index in [2.05, 4.69) is 31.8 Å². The molecule has 0 bridgehead atoms. The van der Waals surface area contributed by atoms with E-state index in [1.807, 2.05) is 0 Å². The van der Waals surface area contributed by atoms with Gasteiger partial charge >= 0.3 is 0 Å². The molecule has 3 N–H and O–H groups in total. The van der Waals surface area contributed by atoms with Gasteiger partial charge in [-0.25, -0.2) is 5.43 Å². The summed E-state index contributed by atoms with van der Waals surface area (Å²) >= 11 is 3.23. The number of nitrogens with one attached hydrogen (secondary N) is 2. The average Bonchev–Trinajstić information content (AvgIpc) is 2.75. The summed E-state index contributed by atoms with van der Waals surface area (Å²) in [7, 11) is 2.96. The first-order valence-electron chi connectivity index (χ1n) is 8.87. The minimum Gasteiger partial charge on any atom is -0.503 e. The quantitative estimate of drug-likeness (QED) is 0.375. The minimum atomic E-state index is -0.511. The summed E-state index contributed by atoms with van der Waals surface area (Å²) in [5, 5.41) is 16.2. The first-order valence-corrected chi connectivity index (χ1v) is 9.66. The zero-order valence-electron chi connectivity index (χ0n) is 16.7. The van der Waals surface area contributed by atoms with Crippen molar-refractivity contribution in [2.24, 2.45) is 5.10 Å².